The summed E-state index contributed by atoms with van der Waals surface area (Å²) in [6.45, 7) is 0. The van der Waals surface area contributed by atoms with Crippen molar-refractivity contribution in [3.05, 3.63) is 182 Å². The van der Waals surface area contributed by atoms with Crippen LogP contribution in [0.4, 0.5) is 0 Å². The molecule has 51 heavy (non-hydrogen) atoms. The summed E-state index contributed by atoms with van der Waals surface area (Å²) in [7, 11) is 0. The maximum atomic E-state index is 6.64. The van der Waals surface area contributed by atoms with Crippen LogP contribution in [0.2, 0.25) is 0 Å². The van der Waals surface area contributed by atoms with Crippen molar-refractivity contribution in [2.24, 2.45) is 0 Å². The number of furan rings is 1. The largest absolute Gasteiger partial charge is 0.455 e. The maximum Gasteiger partial charge on any atom is 0.160 e. The molecule has 2 aromatic heterocycles. The lowest BCUT2D eigenvalue weighted by Gasteiger charge is -2.11. The molecule has 0 atom stereocenters. The fourth-order valence-electron chi connectivity index (χ4n) is 7.39. The zero-order valence-corrected chi connectivity index (χ0v) is 27.6. The summed E-state index contributed by atoms with van der Waals surface area (Å²) in [4.78, 5) is 10.0. The van der Waals surface area contributed by atoms with Gasteiger partial charge in [-0.15, -0.1) is 0 Å². The third kappa shape index (κ3) is 5.06. The molecule has 0 amide bonds. The quantitative estimate of drug-likeness (QED) is 0.186. The van der Waals surface area contributed by atoms with E-state index >= 15 is 0 Å². The average molecular weight is 651 g/mol. The summed E-state index contributed by atoms with van der Waals surface area (Å²) in [5, 5.41) is 6.89. The first-order valence-electron chi connectivity index (χ1n) is 17.2. The van der Waals surface area contributed by atoms with Crippen LogP contribution in [-0.4, -0.2) is 9.97 Å². The number of fused-ring (bicyclic) bond motifs is 6. The Bertz CT molecular complexity index is 2840. The molecule has 8 aromatic carbocycles. The van der Waals surface area contributed by atoms with Gasteiger partial charge in [0.15, 0.2) is 5.82 Å². The van der Waals surface area contributed by atoms with Crippen molar-refractivity contribution in [1.29, 1.82) is 0 Å². The first kappa shape index (κ1) is 29.1. The Balaban J connectivity index is 1.11. The molecule has 0 saturated heterocycles. The van der Waals surface area contributed by atoms with Crippen LogP contribution in [0.25, 0.3) is 99.6 Å². The zero-order chi connectivity index (χ0) is 33.7. The predicted octanol–water partition coefficient (Wildman–Crippen LogP) is 13.0. The highest BCUT2D eigenvalue weighted by Gasteiger charge is 2.18. The molecular formula is C48H30N2O. The summed E-state index contributed by atoms with van der Waals surface area (Å²) in [5.74, 6) is 0.714. The van der Waals surface area contributed by atoms with E-state index in [1.807, 2.05) is 36.4 Å². The lowest BCUT2D eigenvalue weighted by atomic mass is 9.92. The van der Waals surface area contributed by atoms with Crippen molar-refractivity contribution >= 4 is 43.5 Å². The Labute approximate surface area is 295 Å². The lowest BCUT2D eigenvalue weighted by Crippen LogP contribution is -1.95. The fraction of sp³-hybridized carbons (Fsp3) is 0. The summed E-state index contributed by atoms with van der Waals surface area (Å²) < 4.78 is 6.64. The molecule has 3 heteroatoms. The van der Waals surface area contributed by atoms with Gasteiger partial charge in [-0.25, -0.2) is 9.97 Å². The third-order valence-electron chi connectivity index (χ3n) is 9.86. The second-order valence-electron chi connectivity index (χ2n) is 13.0. The molecule has 0 saturated carbocycles. The molecule has 0 aliphatic heterocycles. The molecule has 10 aromatic rings. The van der Waals surface area contributed by atoms with Gasteiger partial charge in [0.1, 0.15) is 11.2 Å². The van der Waals surface area contributed by atoms with Crippen molar-refractivity contribution in [2.45, 2.75) is 0 Å². The first-order valence-corrected chi connectivity index (χ1v) is 17.2. The Morgan fingerprint density at radius 3 is 1.67 bits per heavy atom. The monoisotopic (exact) mass is 650 g/mol. The van der Waals surface area contributed by atoms with Gasteiger partial charge >= 0.3 is 0 Å². The maximum absolute atomic E-state index is 6.64. The van der Waals surface area contributed by atoms with E-state index in [9.17, 15) is 0 Å². The minimum atomic E-state index is 0.714. The number of hydrogen-bond acceptors (Lipinski definition) is 3. The van der Waals surface area contributed by atoms with Crippen LogP contribution in [-0.2, 0) is 0 Å². The van der Waals surface area contributed by atoms with E-state index in [-0.39, 0.29) is 0 Å². The highest BCUT2D eigenvalue weighted by atomic mass is 16.3. The van der Waals surface area contributed by atoms with Crippen molar-refractivity contribution in [2.75, 3.05) is 0 Å². The van der Waals surface area contributed by atoms with Crippen molar-refractivity contribution < 1.29 is 4.42 Å². The topological polar surface area (TPSA) is 38.9 Å². The molecule has 0 aliphatic rings. The molecule has 0 fully saturated rings. The summed E-state index contributed by atoms with van der Waals surface area (Å²) in [5.41, 5.74) is 11.4. The van der Waals surface area contributed by atoms with Crippen LogP contribution in [0.15, 0.2) is 186 Å². The minimum Gasteiger partial charge on any atom is -0.455 e. The van der Waals surface area contributed by atoms with Crippen LogP contribution < -0.4 is 0 Å². The van der Waals surface area contributed by atoms with Crippen LogP contribution in [0.1, 0.15) is 0 Å². The molecule has 0 aliphatic carbocycles. The van der Waals surface area contributed by atoms with Gasteiger partial charge in [0.2, 0.25) is 0 Å². The molecule has 0 spiro atoms. The highest BCUT2D eigenvalue weighted by Crippen LogP contribution is 2.43. The smallest absolute Gasteiger partial charge is 0.160 e. The van der Waals surface area contributed by atoms with Gasteiger partial charge in [-0.2, -0.15) is 0 Å². The van der Waals surface area contributed by atoms with Gasteiger partial charge in [0.25, 0.3) is 0 Å². The molecule has 10 rings (SSSR count). The van der Waals surface area contributed by atoms with Gasteiger partial charge < -0.3 is 4.42 Å². The molecule has 238 valence electrons. The van der Waals surface area contributed by atoms with Crippen molar-refractivity contribution in [3.8, 4) is 56.2 Å². The Kier molecular flexibility index (Phi) is 6.81. The molecule has 2 heterocycles. The Hall–Kier alpha value is -6.84. The number of aromatic nitrogens is 2. The normalized spacial score (nSPS) is 11.5. The second-order valence-corrected chi connectivity index (χ2v) is 13.0. The van der Waals surface area contributed by atoms with Crippen LogP contribution in [0.3, 0.4) is 0 Å². The van der Waals surface area contributed by atoms with Crippen molar-refractivity contribution in [3.63, 3.8) is 0 Å². The van der Waals surface area contributed by atoms with E-state index in [0.29, 0.717) is 5.82 Å². The van der Waals surface area contributed by atoms with Gasteiger partial charge in [-0.1, -0.05) is 152 Å². The van der Waals surface area contributed by atoms with Gasteiger partial charge in [0.05, 0.1) is 11.4 Å². The van der Waals surface area contributed by atoms with E-state index in [2.05, 4.69) is 146 Å². The third-order valence-corrected chi connectivity index (χ3v) is 9.86. The Morgan fingerprint density at radius 2 is 0.941 bits per heavy atom. The number of nitrogens with zero attached hydrogens (tertiary/aromatic N) is 2. The highest BCUT2D eigenvalue weighted by molar-refractivity contribution is 6.22. The molecule has 0 bridgehead atoms. The van der Waals surface area contributed by atoms with Crippen LogP contribution in [0.5, 0.6) is 0 Å². The van der Waals surface area contributed by atoms with E-state index in [0.717, 1.165) is 77.3 Å². The van der Waals surface area contributed by atoms with E-state index in [1.165, 1.54) is 16.5 Å². The standard InChI is InChI=1S/C48H30N2O/c1-4-13-31(14-5-1)41-29-42-46-38(21-12-22-45(46)51-47(42)40-20-11-10-19-39(40)41)36-25-23-35-28-37(26-24-34(35)27-36)44-30-43(32-15-6-2-7-16-32)49-48(50-44)33-17-8-3-9-18-33/h1-30H. The second kappa shape index (κ2) is 11.9. The molecule has 0 radical (unpaired) electrons. The Morgan fingerprint density at radius 1 is 0.353 bits per heavy atom. The summed E-state index contributed by atoms with van der Waals surface area (Å²) in [6, 6.07) is 63.8. The first-order chi connectivity index (χ1) is 25.3. The van der Waals surface area contributed by atoms with Gasteiger partial charge in [-0.05, 0) is 68.7 Å². The summed E-state index contributed by atoms with van der Waals surface area (Å²) in [6.07, 6.45) is 0. The molecule has 3 nitrogen and oxygen atoms in total. The number of hydrogen-bond donors (Lipinski definition) is 0. The average Bonchev–Trinajstić information content (AvgIpc) is 3.60. The lowest BCUT2D eigenvalue weighted by molar-refractivity contribution is 0.673. The van der Waals surface area contributed by atoms with Crippen LogP contribution in [0, 0.1) is 0 Å². The molecule has 0 N–H and O–H groups in total. The SMILES string of the molecule is c1ccc(-c2cc(-c3ccc4cc(-c5cccc6oc7c8ccccc8c(-c8ccccc8)cc7c56)ccc4c3)nc(-c3ccccc3)n2)cc1. The van der Waals surface area contributed by atoms with E-state index in [4.69, 9.17) is 14.4 Å². The fourth-order valence-corrected chi connectivity index (χ4v) is 7.39. The van der Waals surface area contributed by atoms with E-state index < -0.39 is 0 Å². The summed E-state index contributed by atoms with van der Waals surface area (Å²) >= 11 is 0. The molecular weight excluding hydrogens is 621 g/mol. The van der Waals surface area contributed by atoms with Gasteiger partial charge in [-0.3, -0.25) is 0 Å². The molecule has 0 unspecified atom stereocenters. The van der Waals surface area contributed by atoms with E-state index in [1.54, 1.807) is 0 Å². The van der Waals surface area contributed by atoms with Crippen molar-refractivity contribution in [1.82, 2.24) is 9.97 Å². The number of benzene rings is 8. The predicted molar refractivity (Wildman–Crippen MR) is 212 cm³/mol. The van der Waals surface area contributed by atoms with Crippen LogP contribution >= 0.6 is 0 Å². The zero-order valence-electron chi connectivity index (χ0n) is 27.6. The van der Waals surface area contributed by atoms with Gasteiger partial charge in [0, 0.05) is 32.8 Å². The minimum absolute atomic E-state index is 0.714. The number of rotatable bonds is 5.